The van der Waals surface area contributed by atoms with Gasteiger partial charge in [0, 0.05) is 22.3 Å². The van der Waals surface area contributed by atoms with Gasteiger partial charge in [-0.2, -0.15) is 0 Å². The number of carbonyl (C=O) groups is 4. The highest BCUT2D eigenvalue weighted by atomic mass is 33.1. The molecule has 0 aliphatic heterocycles. The average Bonchev–Trinajstić information content (AvgIpc) is 2.59. The van der Waals surface area contributed by atoms with E-state index in [0.717, 1.165) is 0 Å². The fourth-order valence-electron chi connectivity index (χ4n) is 1.60. The molecule has 0 aliphatic carbocycles. The van der Waals surface area contributed by atoms with Gasteiger partial charge in [0.1, 0.15) is 12.1 Å². The van der Waals surface area contributed by atoms with Gasteiger partial charge in [-0.15, -0.1) is 0 Å². The number of nitrogens with one attached hydrogen (secondary N) is 2. The average molecular weight is 437 g/mol. The zero-order chi connectivity index (χ0) is 22.1. The Balaban J connectivity index is 4.79. The van der Waals surface area contributed by atoms with Crippen molar-refractivity contribution in [2.24, 2.45) is 10.8 Å². The molecule has 0 spiro atoms. The van der Waals surface area contributed by atoms with E-state index in [4.69, 9.17) is 9.47 Å². The van der Waals surface area contributed by atoms with Crippen molar-refractivity contribution in [3.05, 3.63) is 0 Å². The Morgan fingerprint density at radius 1 is 0.714 bits per heavy atom. The summed E-state index contributed by atoms with van der Waals surface area (Å²) in [5, 5.41) is 5.35. The Labute approximate surface area is 175 Å². The van der Waals surface area contributed by atoms with Crippen LogP contribution in [-0.4, -0.2) is 61.6 Å². The van der Waals surface area contributed by atoms with E-state index in [1.165, 1.54) is 35.8 Å². The summed E-state index contributed by atoms with van der Waals surface area (Å²) in [7, 11) is 5.09. The van der Waals surface area contributed by atoms with Gasteiger partial charge in [0.15, 0.2) is 0 Å². The number of hydrogen-bond acceptors (Lipinski definition) is 8. The molecule has 10 heteroatoms. The van der Waals surface area contributed by atoms with Crippen LogP contribution in [0.2, 0.25) is 0 Å². The second-order valence-electron chi connectivity index (χ2n) is 8.17. The second kappa shape index (κ2) is 11.5. The molecule has 0 saturated heterocycles. The summed E-state index contributed by atoms with van der Waals surface area (Å²) in [4.78, 5) is 48.1. The highest BCUT2D eigenvalue weighted by Crippen LogP contribution is 2.25. The molecule has 0 aromatic carbocycles. The van der Waals surface area contributed by atoms with E-state index >= 15 is 0 Å². The lowest BCUT2D eigenvalue weighted by Crippen LogP contribution is -2.48. The quantitative estimate of drug-likeness (QED) is 0.320. The summed E-state index contributed by atoms with van der Waals surface area (Å²) in [6.45, 7) is 10.5. The smallest absolute Gasteiger partial charge is 0.329 e. The molecular weight excluding hydrogens is 404 g/mol. The molecule has 0 aromatic heterocycles. The Morgan fingerprint density at radius 3 is 1.21 bits per heavy atom. The van der Waals surface area contributed by atoms with E-state index < -0.39 is 34.9 Å². The van der Waals surface area contributed by atoms with Gasteiger partial charge >= 0.3 is 11.9 Å². The lowest BCUT2D eigenvalue weighted by atomic mass is 9.95. The molecule has 28 heavy (non-hydrogen) atoms. The first-order valence-electron chi connectivity index (χ1n) is 8.76. The fourth-order valence-corrected chi connectivity index (χ4v) is 3.90. The van der Waals surface area contributed by atoms with E-state index in [-0.39, 0.29) is 23.3 Å². The molecule has 0 fully saturated rings. The zero-order valence-electron chi connectivity index (χ0n) is 17.8. The van der Waals surface area contributed by atoms with Crippen molar-refractivity contribution in [3.8, 4) is 0 Å². The Morgan fingerprint density at radius 2 is 1.00 bits per heavy atom. The van der Waals surface area contributed by atoms with Gasteiger partial charge in [-0.05, 0) is 0 Å². The normalized spacial score (nSPS) is 13.9. The van der Waals surface area contributed by atoms with E-state index in [1.54, 1.807) is 41.5 Å². The summed E-state index contributed by atoms with van der Waals surface area (Å²) in [5.74, 6) is -1.12. The molecule has 2 N–H and O–H groups in total. The summed E-state index contributed by atoms with van der Waals surface area (Å²) >= 11 is 0. The maximum Gasteiger partial charge on any atom is 0.329 e. The lowest BCUT2D eigenvalue weighted by molar-refractivity contribution is -0.145. The molecule has 0 heterocycles. The van der Waals surface area contributed by atoms with Crippen molar-refractivity contribution in [1.82, 2.24) is 10.6 Å². The van der Waals surface area contributed by atoms with Crippen molar-refractivity contribution in [1.29, 1.82) is 0 Å². The third-order valence-electron chi connectivity index (χ3n) is 3.50. The minimum atomic E-state index is -0.810. The first-order chi connectivity index (χ1) is 12.7. The summed E-state index contributed by atoms with van der Waals surface area (Å²) < 4.78 is 9.48. The minimum absolute atomic E-state index is 0.250. The maximum absolute atomic E-state index is 12.1. The largest absolute Gasteiger partial charge is 0.467 e. The van der Waals surface area contributed by atoms with Gasteiger partial charge in [-0.3, -0.25) is 9.59 Å². The lowest BCUT2D eigenvalue weighted by Gasteiger charge is -2.23. The van der Waals surface area contributed by atoms with Gasteiger partial charge in [-0.25, -0.2) is 9.59 Å². The van der Waals surface area contributed by atoms with Crippen LogP contribution in [0.1, 0.15) is 41.5 Å². The standard InChI is InChI=1S/C18H32N2O6S2/c1-17(2,3)15(23)19-11(13(21)25-7)9-27-28-10-12(14(22)26-8)20-16(24)18(4,5)6/h11-12H,9-10H2,1-8H3,(H,19,23)(H,20,24)/t11-,12-/m0/s1. The third-order valence-corrected chi connectivity index (χ3v) is 5.92. The monoisotopic (exact) mass is 436 g/mol. The zero-order valence-corrected chi connectivity index (χ0v) is 19.5. The van der Waals surface area contributed by atoms with Gasteiger partial charge in [0.25, 0.3) is 0 Å². The number of rotatable bonds is 9. The molecule has 162 valence electrons. The van der Waals surface area contributed by atoms with Crippen molar-refractivity contribution in [3.63, 3.8) is 0 Å². The predicted molar refractivity (Wildman–Crippen MR) is 112 cm³/mol. The number of hydrogen-bond donors (Lipinski definition) is 2. The molecule has 0 radical (unpaired) electrons. The van der Waals surface area contributed by atoms with Crippen LogP contribution >= 0.6 is 21.6 Å². The highest BCUT2D eigenvalue weighted by Gasteiger charge is 2.30. The summed E-state index contributed by atoms with van der Waals surface area (Å²) in [6.07, 6.45) is 0. The highest BCUT2D eigenvalue weighted by molar-refractivity contribution is 8.76. The van der Waals surface area contributed by atoms with Crippen LogP contribution in [0.25, 0.3) is 0 Å². The van der Waals surface area contributed by atoms with Crippen molar-refractivity contribution in [2.75, 3.05) is 25.7 Å². The molecule has 0 bridgehead atoms. The van der Waals surface area contributed by atoms with E-state index in [9.17, 15) is 19.2 Å². The van der Waals surface area contributed by atoms with Gasteiger partial charge < -0.3 is 20.1 Å². The Hall–Kier alpha value is -1.42. The van der Waals surface area contributed by atoms with Crippen molar-refractivity contribution >= 4 is 45.3 Å². The fraction of sp³-hybridized carbons (Fsp3) is 0.778. The van der Waals surface area contributed by atoms with Gasteiger partial charge in [-0.1, -0.05) is 63.1 Å². The summed E-state index contributed by atoms with van der Waals surface area (Å²) in [6, 6.07) is -1.62. The number of amides is 2. The Bertz CT molecular complexity index is 519. The second-order valence-corrected chi connectivity index (χ2v) is 10.7. The molecule has 0 saturated carbocycles. The van der Waals surface area contributed by atoms with Gasteiger partial charge in [0.2, 0.25) is 11.8 Å². The molecule has 2 atom stereocenters. The molecule has 0 unspecified atom stereocenters. The predicted octanol–water partition coefficient (Wildman–Crippen LogP) is 1.78. The molecule has 8 nitrogen and oxygen atoms in total. The SMILES string of the molecule is COC(=O)[C@H](CSSC[C@H](NC(=O)C(C)(C)C)C(=O)OC)NC(=O)C(C)(C)C. The van der Waals surface area contributed by atoms with Crippen LogP contribution in [-0.2, 0) is 28.7 Å². The molecular formula is C18H32N2O6S2. The first kappa shape index (κ1) is 26.6. The van der Waals surface area contributed by atoms with E-state index in [1.807, 2.05) is 0 Å². The third kappa shape index (κ3) is 9.68. The van der Waals surface area contributed by atoms with Crippen molar-refractivity contribution in [2.45, 2.75) is 53.6 Å². The molecule has 0 aliphatic rings. The van der Waals surface area contributed by atoms with E-state index in [0.29, 0.717) is 0 Å². The van der Waals surface area contributed by atoms with E-state index in [2.05, 4.69) is 10.6 Å². The molecule has 2 amide bonds. The van der Waals surface area contributed by atoms with Crippen molar-refractivity contribution < 1.29 is 28.7 Å². The molecule has 0 aromatic rings. The summed E-state index contributed by atoms with van der Waals surface area (Å²) in [5.41, 5.74) is -1.28. The number of ether oxygens (including phenoxy) is 2. The number of carbonyl (C=O) groups excluding carboxylic acids is 4. The van der Waals surface area contributed by atoms with Crippen LogP contribution in [0.15, 0.2) is 0 Å². The van der Waals surface area contributed by atoms with Crippen LogP contribution in [0.4, 0.5) is 0 Å². The van der Waals surface area contributed by atoms with Crippen LogP contribution in [0, 0.1) is 10.8 Å². The minimum Gasteiger partial charge on any atom is -0.467 e. The maximum atomic E-state index is 12.1. The number of methoxy groups -OCH3 is 2. The van der Waals surface area contributed by atoms with Crippen LogP contribution in [0.5, 0.6) is 0 Å². The first-order valence-corrected chi connectivity index (χ1v) is 11.2. The Kier molecular flexibility index (Phi) is 11.0. The van der Waals surface area contributed by atoms with Crippen LogP contribution < -0.4 is 10.6 Å². The van der Waals surface area contributed by atoms with Gasteiger partial charge in [0.05, 0.1) is 14.2 Å². The van der Waals surface area contributed by atoms with Crippen LogP contribution in [0.3, 0.4) is 0 Å². The number of esters is 2. The topological polar surface area (TPSA) is 111 Å². The molecule has 0 rings (SSSR count).